The highest BCUT2D eigenvalue weighted by molar-refractivity contribution is 6.34. The zero-order valence-electron chi connectivity index (χ0n) is 12.1. The highest BCUT2D eigenvalue weighted by Gasteiger charge is 2.47. The molecular weight excluding hydrogens is 298 g/mol. The van der Waals surface area contributed by atoms with Crippen molar-refractivity contribution in [2.45, 2.75) is 31.1 Å². The molecule has 4 rings (SSSR count). The van der Waals surface area contributed by atoms with E-state index in [0.717, 1.165) is 18.5 Å². The Bertz CT molecular complexity index is 726. The third kappa shape index (κ3) is 1.94. The van der Waals surface area contributed by atoms with Crippen molar-refractivity contribution in [3.63, 3.8) is 0 Å². The van der Waals surface area contributed by atoms with Gasteiger partial charge in [-0.25, -0.2) is 4.98 Å². The zero-order chi connectivity index (χ0) is 15.2. The van der Waals surface area contributed by atoms with Crippen molar-refractivity contribution in [2.24, 2.45) is 0 Å². The molecule has 0 N–H and O–H groups in total. The minimum atomic E-state index is -0.119. The average Bonchev–Trinajstić information content (AvgIpc) is 3.15. The van der Waals surface area contributed by atoms with Gasteiger partial charge in [0.05, 0.1) is 16.9 Å². The van der Waals surface area contributed by atoms with E-state index in [9.17, 15) is 4.79 Å². The van der Waals surface area contributed by atoms with E-state index < -0.39 is 0 Å². The summed E-state index contributed by atoms with van der Waals surface area (Å²) in [6.07, 6.45) is 9.27. The number of hydrogen-bond donors (Lipinski definition) is 0. The molecule has 1 amide bonds. The molecule has 0 atom stereocenters. The highest BCUT2D eigenvalue weighted by Crippen LogP contribution is 2.52. The summed E-state index contributed by atoms with van der Waals surface area (Å²) in [5.74, 6) is -0.119. The number of halogens is 1. The Hall–Kier alpha value is -1.94. The van der Waals surface area contributed by atoms with Crippen LogP contribution in [-0.2, 0) is 5.41 Å². The molecule has 2 aromatic rings. The lowest BCUT2D eigenvalue weighted by Gasteiger charge is -2.24. The van der Waals surface area contributed by atoms with Crippen molar-refractivity contribution < 1.29 is 4.79 Å². The van der Waals surface area contributed by atoms with Crippen LogP contribution in [0.5, 0.6) is 0 Å². The monoisotopic (exact) mass is 313 g/mol. The topological polar surface area (TPSA) is 46.1 Å². The Kier molecular flexibility index (Phi) is 3.15. The summed E-state index contributed by atoms with van der Waals surface area (Å²) < 4.78 is 0. The first-order chi connectivity index (χ1) is 10.7. The van der Waals surface area contributed by atoms with Crippen LogP contribution in [0.25, 0.3) is 0 Å². The lowest BCUT2D eigenvalue weighted by Crippen LogP contribution is -2.36. The van der Waals surface area contributed by atoms with Crippen LogP contribution in [0.4, 0.5) is 5.69 Å². The minimum Gasteiger partial charge on any atom is -0.304 e. The first kappa shape index (κ1) is 13.7. The molecule has 0 unspecified atom stereocenters. The number of carbonyl (C=O) groups excluding carboxylic acids is 1. The second-order valence-electron chi connectivity index (χ2n) is 6.11. The first-order valence-corrected chi connectivity index (χ1v) is 7.96. The predicted octanol–water partition coefficient (Wildman–Crippen LogP) is 3.60. The molecule has 1 spiro atoms. The molecule has 1 aliphatic heterocycles. The molecule has 1 aliphatic carbocycles. The second-order valence-corrected chi connectivity index (χ2v) is 6.51. The van der Waals surface area contributed by atoms with Gasteiger partial charge in [-0.05, 0) is 24.5 Å². The average molecular weight is 314 g/mol. The van der Waals surface area contributed by atoms with E-state index in [1.165, 1.54) is 24.6 Å². The van der Waals surface area contributed by atoms with Gasteiger partial charge in [0.15, 0.2) is 0 Å². The van der Waals surface area contributed by atoms with E-state index in [4.69, 9.17) is 11.6 Å². The van der Waals surface area contributed by atoms with E-state index in [1.54, 1.807) is 17.3 Å². The van der Waals surface area contributed by atoms with Gasteiger partial charge in [-0.2, -0.15) is 0 Å². The number of hydrogen-bond acceptors (Lipinski definition) is 3. The summed E-state index contributed by atoms with van der Waals surface area (Å²) >= 11 is 6.43. The van der Waals surface area contributed by atoms with Crippen LogP contribution in [0.3, 0.4) is 0 Å². The lowest BCUT2D eigenvalue weighted by atomic mass is 9.81. The van der Waals surface area contributed by atoms with Crippen molar-refractivity contribution in [3.05, 3.63) is 53.1 Å². The van der Waals surface area contributed by atoms with Crippen LogP contribution in [0.15, 0.2) is 36.8 Å². The van der Waals surface area contributed by atoms with Crippen molar-refractivity contribution in [2.75, 3.05) is 11.4 Å². The van der Waals surface area contributed by atoms with Gasteiger partial charge in [-0.1, -0.05) is 36.6 Å². The Balaban J connectivity index is 1.81. The lowest BCUT2D eigenvalue weighted by molar-refractivity contribution is 0.0979. The molecule has 2 heterocycles. The number of anilines is 1. The molecule has 0 radical (unpaired) electrons. The van der Waals surface area contributed by atoms with Crippen LogP contribution in [-0.4, -0.2) is 22.4 Å². The van der Waals surface area contributed by atoms with Gasteiger partial charge in [0, 0.05) is 24.4 Å². The normalized spacial score (nSPS) is 18.7. The predicted molar refractivity (Wildman–Crippen MR) is 85.3 cm³/mol. The molecular formula is C17H16ClN3O. The fourth-order valence-electron chi connectivity index (χ4n) is 3.88. The van der Waals surface area contributed by atoms with E-state index >= 15 is 0 Å². The van der Waals surface area contributed by atoms with Gasteiger partial charge in [0.25, 0.3) is 5.91 Å². The van der Waals surface area contributed by atoms with Gasteiger partial charge >= 0.3 is 0 Å². The number of para-hydroxylation sites is 1. The summed E-state index contributed by atoms with van der Waals surface area (Å²) in [7, 11) is 0. The summed E-state index contributed by atoms with van der Waals surface area (Å²) in [5.41, 5.74) is 2.51. The van der Waals surface area contributed by atoms with Gasteiger partial charge in [0.1, 0.15) is 5.69 Å². The summed E-state index contributed by atoms with van der Waals surface area (Å²) in [6.45, 7) is 0.696. The van der Waals surface area contributed by atoms with Gasteiger partial charge in [-0.15, -0.1) is 0 Å². The maximum Gasteiger partial charge on any atom is 0.278 e. The number of aromatic nitrogens is 2. The van der Waals surface area contributed by atoms with Crippen molar-refractivity contribution in [1.29, 1.82) is 0 Å². The van der Waals surface area contributed by atoms with Gasteiger partial charge in [0.2, 0.25) is 0 Å². The molecule has 1 saturated carbocycles. The number of rotatable bonds is 1. The van der Waals surface area contributed by atoms with Crippen LogP contribution < -0.4 is 4.90 Å². The van der Waals surface area contributed by atoms with E-state index in [1.807, 2.05) is 12.1 Å². The Morgan fingerprint density at radius 3 is 2.77 bits per heavy atom. The largest absolute Gasteiger partial charge is 0.304 e. The minimum absolute atomic E-state index is 0.0676. The summed E-state index contributed by atoms with van der Waals surface area (Å²) in [5, 5.41) is 0.638. The Morgan fingerprint density at radius 2 is 2.05 bits per heavy atom. The fourth-order valence-corrected chi connectivity index (χ4v) is 4.16. The molecule has 4 nitrogen and oxygen atoms in total. The standard InChI is InChI=1S/C17H16ClN3O/c18-13-5-3-4-12-15(13)21(11-17(12)6-1-2-7-17)16(22)14-10-19-8-9-20-14/h3-5,8-10H,1-2,6-7,11H2. The highest BCUT2D eigenvalue weighted by atomic mass is 35.5. The molecule has 5 heteroatoms. The molecule has 112 valence electrons. The molecule has 1 fully saturated rings. The van der Waals surface area contributed by atoms with E-state index in [2.05, 4.69) is 16.0 Å². The van der Waals surface area contributed by atoms with E-state index in [-0.39, 0.29) is 11.3 Å². The molecule has 1 aromatic carbocycles. The second kappa shape index (κ2) is 5.06. The number of benzene rings is 1. The Morgan fingerprint density at radius 1 is 1.23 bits per heavy atom. The van der Waals surface area contributed by atoms with Crippen molar-refractivity contribution >= 4 is 23.2 Å². The molecule has 2 aliphatic rings. The number of carbonyl (C=O) groups is 1. The van der Waals surface area contributed by atoms with Crippen molar-refractivity contribution in [3.8, 4) is 0 Å². The summed E-state index contributed by atoms with van der Waals surface area (Å²) in [6, 6.07) is 5.96. The maximum absolute atomic E-state index is 12.9. The third-order valence-electron chi connectivity index (χ3n) is 4.88. The van der Waals surface area contributed by atoms with Crippen molar-refractivity contribution in [1.82, 2.24) is 9.97 Å². The van der Waals surface area contributed by atoms with Crippen LogP contribution in [0.2, 0.25) is 5.02 Å². The van der Waals surface area contributed by atoms with Crippen LogP contribution >= 0.6 is 11.6 Å². The number of amides is 1. The van der Waals surface area contributed by atoms with E-state index in [0.29, 0.717) is 17.3 Å². The first-order valence-electron chi connectivity index (χ1n) is 7.58. The molecule has 0 saturated heterocycles. The van der Waals surface area contributed by atoms with Crippen LogP contribution in [0, 0.1) is 0 Å². The van der Waals surface area contributed by atoms with Gasteiger partial charge < -0.3 is 4.90 Å². The quantitative estimate of drug-likeness (QED) is 0.808. The molecule has 1 aromatic heterocycles. The summed E-state index contributed by atoms with van der Waals surface area (Å²) in [4.78, 5) is 22.8. The maximum atomic E-state index is 12.9. The Labute approximate surface area is 134 Å². The molecule has 22 heavy (non-hydrogen) atoms. The number of nitrogens with zero attached hydrogens (tertiary/aromatic N) is 3. The van der Waals surface area contributed by atoms with Crippen LogP contribution in [0.1, 0.15) is 41.7 Å². The number of fused-ring (bicyclic) bond motifs is 2. The fraction of sp³-hybridized carbons (Fsp3) is 0.353. The molecule has 0 bridgehead atoms. The SMILES string of the molecule is O=C(c1cnccn1)N1CC2(CCCC2)c2cccc(Cl)c21. The van der Waals surface area contributed by atoms with Gasteiger partial charge in [-0.3, -0.25) is 9.78 Å². The smallest absolute Gasteiger partial charge is 0.278 e. The zero-order valence-corrected chi connectivity index (χ0v) is 12.9. The third-order valence-corrected chi connectivity index (χ3v) is 5.18.